The number of aliphatic hydroxyl groups excluding tert-OH is 1. The molecule has 3 heteroatoms. The van der Waals surface area contributed by atoms with Crippen molar-refractivity contribution in [2.75, 3.05) is 0 Å². The van der Waals surface area contributed by atoms with Crippen LogP contribution in [0.3, 0.4) is 0 Å². The highest BCUT2D eigenvalue weighted by atomic mass is 16.6. The highest BCUT2D eigenvalue weighted by molar-refractivity contribution is 5.72. The van der Waals surface area contributed by atoms with Gasteiger partial charge in [0.2, 0.25) is 0 Å². The van der Waals surface area contributed by atoms with E-state index in [-0.39, 0.29) is 18.0 Å². The molecule has 3 nitrogen and oxygen atoms in total. The van der Waals surface area contributed by atoms with Crippen molar-refractivity contribution in [1.82, 2.24) is 0 Å². The number of ether oxygens (including phenoxy) is 1. The normalized spacial score (nSPS) is 27.9. The second-order valence-corrected chi connectivity index (χ2v) is 5.22. The summed E-state index contributed by atoms with van der Waals surface area (Å²) in [5.74, 6) is -0.186. The molecule has 1 aliphatic carbocycles. The molecular weight excluding hydrogens is 216 g/mol. The predicted octanol–water partition coefficient (Wildman–Crippen LogP) is 3.05. The maximum atomic E-state index is 11.8. The molecule has 1 rings (SSSR count). The van der Waals surface area contributed by atoms with Gasteiger partial charge in [-0.05, 0) is 25.7 Å². The minimum atomic E-state index is -0.465. The van der Waals surface area contributed by atoms with Crippen LogP contribution in [0.15, 0.2) is 0 Å². The Morgan fingerprint density at radius 2 is 1.94 bits per heavy atom. The molecule has 1 N–H and O–H groups in total. The van der Waals surface area contributed by atoms with Crippen molar-refractivity contribution < 1.29 is 14.6 Å². The maximum absolute atomic E-state index is 11.8. The molecule has 1 aliphatic rings. The van der Waals surface area contributed by atoms with Crippen molar-refractivity contribution in [3.8, 4) is 0 Å². The van der Waals surface area contributed by atoms with Crippen LogP contribution >= 0.6 is 0 Å². The largest absolute Gasteiger partial charge is 0.459 e. The minimum absolute atomic E-state index is 0.0439. The second-order valence-electron chi connectivity index (χ2n) is 5.22. The fourth-order valence-corrected chi connectivity index (χ4v) is 2.38. The quantitative estimate of drug-likeness (QED) is 0.771. The lowest BCUT2D eigenvalue weighted by Gasteiger charge is -2.26. The predicted molar refractivity (Wildman–Crippen MR) is 67.7 cm³/mol. The average Bonchev–Trinajstić information content (AvgIpc) is 2.29. The molecule has 3 unspecified atom stereocenters. The van der Waals surface area contributed by atoms with Crippen molar-refractivity contribution in [2.45, 2.75) is 77.4 Å². The van der Waals surface area contributed by atoms with Crippen LogP contribution < -0.4 is 0 Å². The third-order valence-electron chi connectivity index (χ3n) is 3.56. The van der Waals surface area contributed by atoms with E-state index in [1.165, 1.54) is 12.8 Å². The Labute approximate surface area is 105 Å². The molecule has 0 aromatic carbocycles. The van der Waals surface area contributed by atoms with Crippen LogP contribution in [-0.4, -0.2) is 23.3 Å². The minimum Gasteiger partial charge on any atom is -0.459 e. The van der Waals surface area contributed by atoms with Crippen molar-refractivity contribution >= 4 is 5.97 Å². The van der Waals surface area contributed by atoms with Crippen LogP contribution in [0, 0.1) is 5.92 Å². The number of carbonyl (C=O) groups excluding carboxylic acids is 1. The molecule has 0 aliphatic heterocycles. The molecule has 100 valence electrons. The van der Waals surface area contributed by atoms with Gasteiger partial charge in [-0.2, -0.15) is 0 Å². The Morgan fingerprint density at radius 3 is 2.59 bits per heavy atom. The first kappa shape index (κ1) is 14.5. The topological polar surface area (TPSA) is 46.5 Å². The van der Waals surface area contributed by atoms with E-state index in [9.17, 15) is 9.90 Å². The summed E-state index contributed by atoms with van der Waals surface area (Å²) >= 11 is 0. The summed E-state index contributed by atoms with van der Waals surface area (Å²) in [7, 11) is 0. The Balaban J connectivity index is 2.43. The second kappa shape index (κ2) is 7.70. The van der Waals surface area contributed by atoms with E-state index < -0.39 is 6.10 Å². The zero-order chi connectivity index (χ0) is 12.7. The summed E-state index contributed by atoms with van der Waals surface area (Å²) in [6.07, 6.45) is 7.15. The van der Waals surface area contributed by atoms with Crippen LogP contribution in [-0.2, 0) is 9.53 Å². The fourth-order valence-electron chi connectivity index (χ4n) is 2.38. The van der Waals surface area contributed by atoms with Crippen LogP contribution in [0.25, 0.3) is 0 Å². The van der Waals surface area contributed by atoms with E-state index in [1.54, 1.807) is 0 Å². The third-order valence-corrected chi connectivity index (χ3v) is 3.56. The fraction of sp³-hybridized carbons (Fsp3) is 0.929. The summed E-state index contributed by atoms with van der Waals surface area (Å²) in [5, 5.41) is 9.96. The van der Waals surface area contributed by atoms with Crippen LogP contribution in [0.2, 0.25) is 0 Å². The van der Waals surface area contributed by atoms with Gasteiger partial charge in [-0.15, -0.1) is 0 Å². The molecule has 0 spiro atoms. The monoisotopic (exact) mass is 242 g/mol. The van der Waals surface area contributed by atoms with Crippen molar-refractivity contribution in [3.63, 3.8) is 0 Å². The lowest BCUT2D eigenvalue weighted by molar-refractivity contribution is -0.161. The Bertz CT molecular complexity index is 228. The van der Waals surface area contributed by atoms with E-state index in [1.807, 2.05) is 6.92 Å². The van der Waals surface area contributed by atoms with Crippen LogP contribution in [0.5, 0.6) is 0 Å². The lowest BCUT2D eigenvalue weighted by Crippen LogP contribution is -2.34. The molecule has 1 fully saturated rings. The van der Waals surface area contributed by atoms with Crippen molar-refractivity contribution in [3.05, 3.63) is 0 Å². The summed E-state index contributed by atoms with van der Waals surface area (Å²) in [6, 6.07) is 0. The van der Waals surface area contributed by atoms with Gasteiger partial charge in [0, 0.05) is 0 Å². The third kappa shape index (κ3) is 5.07. The van der Waals surface area contributed by atoms with Gasteiger partial charge in [-0.1, -0.05) is 39.5 Å². The molecule has 3 atom stereocenters. The summed E-state index contributed by atoms with van der Waals surface area (Å²) in [4.78, 5) is 11.8. The molecule has 0 bridgehead atoms. The molecule has 0 radical (unpaired) electrons. The van der Waals surface area contributed by atoms with Gasteiger partial charge in [-0.3, -0.25) is 4.79 Å². The molecule has 0 aromatic heterocycles. The zero-order valence-electron chi connectivity index (χ0n) is 11.2. The first-order valence-corrected chi connectivity index (χ1v) is 7.03. The lowest BCUT2D eigenvalue weighted by atomic mass is 9.96. The number of esters is 1. The van der Waals surface area contributed by atoms with E-state index in [4.69, 9.17) is 4.74 Å². The van der Waals surface area contributed by atoms with Gasteiger partial charge in [0.05, 0.1) is 12.0 Å². The first-order chi connectivity index (χ1) is 8.15. The summed E-state index contributed by atoms with van der Waals surface area (Å²) < 4.78 is 5.46. The van der Waals surface area contributed by atoms with Crippen molar-refractivity contribution in [1.29, 1.82) is 0 Å². The molecule has 17 heavy (non-hydrogen) atoms. The number of hydrogen-bond acceptors (Lipinski definition) is 3. The SMILES string of the molecule is CCCC(C)C(=O)OC1CCCCCCC1O. The standard InChI is InChI=1S/C14H26O3/c1-3-8-11(2)14(16)17-13-10-7-5-4-6-9-12(13)15/h11-13,15H,3-10H2,1-2H3. The molecule has 0 heterocycles. The van der Waals surface area contributed by atoms with Gasteiger partial charge in [0.15, 0.2) is 0 Å². The van der Waals surface area contributed by atoms with E-state index in [0.717, 1.165) is 38.5 Å². The van der Waals surface area contributed by atoms with E-state index in [2.05, 4.69) is 6.92 Å². The van der Waals surface area contributed by atoms with Gasteiger partial charge in [0.1, 0.15) is 6.10 Å². The molecular formula is C14H26O3. The average molecular weight is 242 g/mol. The summed E-state index contributed by atoms with van der Waals surface area (Å²) in [6.45, 7) is 3.97. The Kier molecular flexibility index (Phi) is 6.56. The van der Waals surface area contributed by atoms with E-state index >= 15 is 0 Å². The van der Waals surface area contributed by atoms with Crippen LogP contribution in [0.4, 0.5) is 0 Å². The molecule has 0 amide bonds. The van der Waals surface area contributed by atoms with Gasteiger partial charge in [-0.25, -0.2) is 0 Å². The maximum Gasteiger partial charge on any atom is 0.309 e. The van der Waals surface area contributed by atoms with Gasteiger partial charge in [0.25, 0.3) is 0 Å². The Morgan fingerprint density at radius 1 is 1.29 bits per heavy atom. The summed E-state index contributed by atoms with van der Waals surface area (Å²) in [5.41, 5.74) is 0. The number of aliphatic hydroxyl groups is 1. The number of carbonyl (C=O) groups is 1. The van der Waals surface area contributed by atoms with Gasteiger partial charge >= 0.3 is 5.97 Å². The van der Waals surface area contributed by atoms with Gasteiger partial charge < -0.3 is 9.84 Å². The smallest absolute Gasteiger partial charge is 0.309 e. The first-order valence-electron chi connectivity index (χ1n) is 7.03. The highest BCUT2D eigenvalue weighted by Gasteiger charge is 2.26. The number of rotatable bonds is 4. The zero-order valence-corrected chi connectivity index (χ0v) is 11.2. The molecule has 0 aromatic rings. The molecule has 0 saturated heterocycles. The number of hydrogen-bond donors (Lipinski definition) is 1. The Hall–Kier alpha value is -0.570. The van der Waals surface area contributed by atoms with Crippen molar-refractivity contribution in [2.24, 2.45) is 5.92 Å². The van der Waals surface area contributed by atoms with Crippen LogP contribution in [0.1, 0.15) is 65.2 Å². The van der Waals surface area contributed by atoms with E-state index in [0.29, 0.717) is 0 Å². The highest BCUT2D eigenvalue weighted by Crippen LogP contribution is 2.21. The molecule has 1 saturated carbocycles.